The van der Waals surface area contributed by atoms with E-state index in [1.807, 2.05) is 24.3 Å². The normalized spacial score (nSPS) is 11.9. The van der Waals surface area contributed by atoms with Gasteiger partial charge in [0.2, 0.25) is 0 Å². The molecule has 0 amide bonds. The van der Waals surface area contributed by atoms with Crippen LogP contribution in [0.15, 0.2) is 42.6 Å². The third kappa shape index (κ3) is 5.83. The van der Waals surface area contributed by atoms with Gasteiger partial charge in [0.05, 0.1) is 11.3 Å². The number of benzene rings is 1. The molecule has 136 valence electrons. The maximum atomic E-state index is 12.6. The fourth-order valence-corrected chi connectivity index (χ4v) is 2.54. The van der Waals surface area contributed by atoms with Crippen molar-refractivity contribution in [2.75, 3.05) is 26.2 Å². The molecule has 0 fully saturated rings. The molecular weight excluding hydrogens is 327 g/mol. The van der Waals surface area contributed by atoms with E-state index in [9.17, 15) is 13.2 Å². The minimum Gasteiger partial charge on any atom is -0.311 e. The zero-order valence-electron chi connectivity index (χ0n) is 14.6. The van der Waals surface area contributed by atoms with Gasteiger partial charge in [0.1, 0.15) is 0 Å². The maximum absolute atomic E-state index is 12.6. The molecule has 1 aromatic heterocycles. The van der Waals surface area contributed by atoms with Gasteiger partial charge in [-0.15, -0.1) is 0 Å². The lowest BCUT2D eigenvalue weighted by molar-refractivity contribution is -0.137. The molecule has 0 aliphatic rings. The number of nitrogens with one attached hydrogen (secondary N) is 1. The Hall–Kier alpha value is -1.92. The Morgan fingerprint density at radius 3 is 2.20 bits per heavy atom. The van der Waals surface area contributed by atoms with Gasteiger partial charge in [-0.1, -0.05) is 38.1 Å². The van der Waals surface area contributed by atoms with Gasteiger partial charge in [0, 0.05) is 31.4 Å². The number of alkyl halides is 3. The number of hydrogen-bond donors (Lipinski definition) is 1. The molecule has 0 unspecified atom stereocenters. The van der Waals surface area contributed by atoms with E-state index in [1.54, 1.807) is 0 Å². The van der Waals surface area contributed by atoms with E-state index in [0.29, 0.717) is 5.69 Å². The van der Waals surface area contributed by atoms with Crippen LogP contribution in [-0.4, -0.2) is 36.1 Å². The van der Waals surface area contributed by atoms with Crippen molar-refractivity contribution in [1.82, 2.24) is 15.2 Å². The number of pyridine rings is 1. The highest BCUT2D eigenvalue weighted by Gasteiger charge is 2.30. The van der Waals surface area contributed by atoms with Crippen LogP contribution in [0.1, 0.15) is 25.0 Å². The van der Waals surface area contributed by atoms with Crippen LogP contribution in [0.4, 0.5) is 13.2 Å². The monoisotopic (exact) mass is 351 g/mol. The smallest absolute Gasteiger partial charge is 0.311 e. The van der Waals surface area contributed by atoms with Gasteiger partial charge < -0.3 is 10.2 Å². The summed E-state index contributed by atoms with van der Waals surface area (Å²) in [5.74, 6) is 0. The highest BCUT2D eigenvalue weighted by molar-refractivity contribution is 5.59. The predicted octanol–water partition coefficient (Wildman–Crippen LogP) is 4.20. The highest BCUT2D eigenvalue weighted by atomic mass is 19.4. The van der Waals surface area contributed by atoms with Gasteiger partial charge >= 0.3 is 6.18 Å². The lowest BCUT2D eigenvalue weighted by atomic mass is 10.1. The molecule has 0 bridgehead atoms. The predicted molar refractivity (Wildman–Crippen MR) is 94.2 cm³/mol. The molecule has 0 saturated heterocycles. The van der Waals surface area contributed by atoms with E-state index in [4.69, 9.17) is 0 Å². The van der Waals surface area contributed by atoms with Gasteiger partial charge in [0.25, 0.3) is 0 Å². The van der Waals surface area contributed by atoms with Crippen LogP contribution < -0.4 is 5.32 Å². The quantitative estimate of drug-likeness (QED) is 0.723. The van der Waals surface area contributed by atoms with E-state index in [1.165, 1.54) is 6.07 Å². The molecule has 0 radical (unpaired) electrons. The second kappa shape index (κ2) is 8.97. The number of halogens is 3. The lowest BCUT2D eigenvalue weighted by Gasteiger charge is -2.18. The maximum Gasteiger partial charge on any atom is 0.417 e. The van der Waals surface area contributed by atoms with Crippen LogP contribution in [0.3, 0.4) is 0 Å². The van der Waals surface area contributed by atoms with Crippen molar-refractivity contribution < 1.29 is 13.2 Å². The summed E-state index contributed by atoms with van der Waals surface area (Å²) in [6.45, 7) is 9.10. The first-order chi connectivity index (χ1) is 11.9. The molecule has 6 heteroatoms. The van der Waals surface area contributed by atoms with E-state index in [0.717, 1.165) is 56.1 Å². The average Bonchev–Trinajstić information content (AvgIpc) is 2.62. The van der Waals surface area contributed by atoms with Crippen molar-refractivity contribution in [3.63, 3.8) is 0 Å². The Bertz CT molecular complexity index is 632. The Morgan fingerprint density at radius 1 is 1.00 bits per heavy atom. The van der Waals surface area contributed by atoms with E-state index in [2.05, 4.69) is 29.0 Å². The molecule has 0 saturated carbocycles. The summed E-state index contributed by atoms with van der Waals surface area (Å²) in [5, 5.41) is 3.40. The first-order valence-electron chi connectivity index (χ1n) is 8.49. The molecule has 25 heavy (non-hydrogen) atoms. The third-order valence-corrected chi connectivity index (χ3v) is 4.17. The molecule has 2 rings (SSSR count). The number of hydrogen-bond acceptors (Lipinski definition) is 3. The summed E-state index contributed by atoms with van der Waals surface area (Å²) >= 11 is 0. The minimum atomic E-state index is -4.35. The van der Waals surface area contributed by atoms with Gasteiger partial charge in [-0.2, -0.15) is 13.2 Å². The van der Waals surface area contributed by atoms with Crippen LogP contribution in [0.2, 0.25) is 0 Å². The van der Waals surface area contributed by atoms with Crippen molar-refractivity contribution in [3.05, 3.63) is 53.7 Å². The van der Waals surface area contributed by atoms with Crippen LogP contribution in [0.5, 0.6) is 0 Å². The fraction of sp³-hybridized carbons (Fsp3) is 0.421. The SMILES string of the molecule is CCN(CC)CCNCc1ccc(-c2ccc(C(F)(F)F)cn2)cc1. The molecule has 0 aliphatic heterocycles. The van der Waals surface area contributed by atoms with Gasteiger partial charge in [0.15, 0.2) is 0 Å². The molecule has 2 aromatic rings. The Kier molecular flexibility index (Phi) is 6.96. The molecule has 3 nitrogen and oxygen atoms in total. The van der Waals surface area contributed by atoms with Crippen LogP contribution in [-0.2, 0) is 12.7 Å². The molecule has 0 atom stereocenters. The van der Waals surface area contributed by atoms with Crippen molar-refractivity contribution in [3.8, 4) is 11.3 Å². The van der Waals surface area contributed by atoms with Crippen molar-refractivity contribution in [2.24, 2.45) is 0 Å². The highest BCUT2D eigenvalue weighted by Crippen LogP contribution is 2.29. The Labute approximate surface area is 146 Å². The lowest BCUT2D eigenvalue weighted by Crippen LogP contribution is -2.31. The van der Waals surface area contributed by atoms with E-state index < -0.39 is 11.7 Å². The number of aromatic nitrogens is 1. The van der Waals surface area contributed by atoms with E-state index >= 15 is 0 Å². The fourth-order valence-electron chi connectivity index (χ4n) is 2.54. The summed E-state index contributed by atoms with van der Waals surface area (Å²) in [6.07, 6.45) is -3.48. The Balaban J connectivity index is 1.89. The van der Waals surface area contributed by atoms with Gasteiger partial charge in [-0.05, 0) is 30.8 Å². The average molecular weight is 351 g/mol. The van der Waals surface area contributed by atoms with Crippen molar-refractivity contribution >= 4 is 0 Å². The summed E-state index contributed by atoms with van der Waals surface area (Å²) < 4.78 is 37.7. The number of nitrogens with zero attached hydrogens (tertiary/aromatic N) is 2. The molecule has 1 heterocycles. The minimum absolute atomic E-state index is 0.536. The molecule has 0 spiro atoms. The second-order valence-corrected chi connectivity index (χ2v) is 5.83. The van der Waals surface area contributed by atoms with Gasteiger partial charge in [-0.3, -0.25) is 4.98 Å². The van der Waals surface area contributed by atoms with Crippen molar-refractivity contribution in [1.29, 1.82) is 0 Å². The van der Waals surface area contributed by atoms with E-state index in [-0.39, 0.29) is 0 Å². The zero-order chi connectivity index (χ0) is 18.3. The first-order valence-corrected chi connectivity index (χ1v) is 8.49. The summed E-state index contributed by atoms with van der Waals surface area (Å²) in [7, 11) is 0. The molecule has 1 aromatic carbocycles. The molecular formula is C19H24F3N3. The first kappa shape index (κ1) is 19.4. The number of likely N-dealkylation sites (N-methyl/N-ethyl adjacent to an activating group) is 1. The summed E-state index contributed by atoms with van der Waals surface area (Å²) in [4.78, 5) is 6.27. The summed E-state index contributed by atoms with van der Waals surface area (Å²) in [5.41, 5.74) is 1.75. The Morgan fingerprint density at radius 2 is 1.68 bits per heavy atom. The third-order valence-electron chi connectivity index (χ3n) is 4.17. The van der Waals surface area contributed by atoms with Crippen LogP contribution >= 0.6 is 0 Å². The molecule has 1 N–H and O–H groups in total. The van der Waals surface area contributed by atoms with Crippen LogP contribution in [0, 0.1) is 0 Å². The number of rotatable bonds is 8. The molecule has 0 aliphatic carbocycles. The summed E-state index contributed by atoms with van der Waals surface area (Å²) in [6, 6.07) is 10.2. The van der Waals surface area contributed by atoms with Crippen molar-refractivity contribution in [2.45, 2.75) is 26.6 Å². The van der Waals surface area contributed by atoms with Gasteiger partial charge in [-0.25, -0.2) is 0 Å². The van der Waals surface area contributed by atoms with Crippen LogP contribution in [0.25, 0.3) is 11.3 Å². The topological polar surface area (TPSA) is 28.2 Å². The standard InChI is InChI=1S/C19H24F3N3/c1-3-25(4-2)12-11-23-13-15-5-7-16(8-6-15)18-10-9-17(14-24-18)19(20,21)22/h5-10,14,23H,3-4,11-13H2,1-2H3. The zero-order valence-corrected chi connectivity index (χ0v) is 14.6. The second-order valence-electron chi connectivity index (χ2n) is 5.83. The largest absolute Gasteiger partial charge is 0.417 e.